The van der Waals surface area contributed by atoms with Crippen molar-refractivity contribution in [2.24, 2.45) is 27.1 Å². The summed E-state index contributed by atoms with van der Waals surface area (Å²) >= 11 is 0. The van der Waals surface area contributed by atoms with Gasteiger partial charge in [-0.3, -0.25) is 0 Å². The summed E-state index contributed by atoms with van der Waals surface area (Å²) in [6.07, 6.45) is 15.4. The van der Waals surface area contributed by atoms with Crippen molar-refractivity contribution in [2.75, 3.05) is 0 Å². The van der Waals surface area contributed by atoms with E-state index in [1.807, 2.05) is 174 Å². The maximum atomic E-state index is 8.54. The molecule has 0 saturated carbocycles. The van der Waals surface area contributed by atoms with E-state index in [1.165, 1.54) is 22.4 Å². The summed E-state index contributed by atoms with van der Waals surface area (Å²) in [6.45, 7) is 24.1. The van der Waals surface area contributed by atoms with Crippen molar-refractivity contribution in [3.8, 4) is 56.3 Å². The van der Waals surface area contributed by atoms with E-state index < -0.39 is 39.2 Å². The number of fused-ring (bicyclic) bond motifs is 23. The highest BCUT2D eigenvalue weighted by Crippen LogP contribution is 2.45. The second kappa shape index (κ2) is 32.9. The molecule has 15 heteroatoms. The average Bonchev–Trinajstić information content (AvgIpc) is 1.56. The average molecular weight is 1680 g/mol. The van der Waals surface area contributed by atoms with Crippen molar-refractivity contribution >= 4 is 110 Å². The van der Waals surface area contributed by atoms with E-state index in [4.69, 9.17) is 41.3 Å². The van der Waals surface area contributed by atoms with Gasteiger partial charge in [0.2, 0.25) is 57.0 Å². The number of aromatic nitrogens is 10. The first-order chi connectivity index (χ1) is 65.9. The van der Waals surface area contributed by atoms with Crippen molar-refractivity contribution in [3.63, 3.8) is 0 Å². The minimum atomic E-state index is -2.30. The molecule has 0 amide bonds. The zero-order valence-electron chi connectivity index (χ0n) is 88.9. The fourth-order valence-electron chi connectivity index (χ4n) is 18.4. The lowest BCUT2D eigenvalue weighted by Crippen LogP contribution is -2.32. The number of rotatable bonds is 9. The zero-order valence-corrected chi connectivity index (χ0v) is 74.9. The molecule has 0 N–H and O–H groups in total. The molecule has 0 atom stereocenters. The molecule has 2 aliphatic heterocycles. The fraction of sp³-hybridized carbons (Fsp3) is 0.279. The first-order valence-electron chi connectivity index (χ1n) is 50.1. The van der Waals surface area contributed by atoms with Crippen LogP contribution in [-0.2, 0) is 40.7 Å². The van der Waals surface area contributed by atoms with Crippen LogP contribution in [0.1, 0.15) is 207 Å². The number of furan rings is 5. The monoisotopic (exact) mass is 1680 g/mol. The first-order valence-corrected chi connectivity index (χ1v) is 43.1. The molecule has 0 saturated heterocycles. The molecule has 17 heterocycles. The van der Waals surface area contributed by atoms with E-state index in [9.17, 15) is 0 Å². The van der Waals surface area contributed by atoms with Crippen LogP contribution in [0, 0.1) is 74.9 Å². The van der Waals surface area contributed by atoms with Crippen LogP contribution in [0.3, 0.4) is 0 Å². The molecular formula is C111H113N10O5+5. The number of hydrogen-bond acceptors (Lipinski definition) is 10. The predicted molar refractivity (Wildman–Crippen MR) is 509 cm³/mol. The Morgan fingerprint density at radius 3 is 1.03 bits per heavy atom. The number of pyridine rings is 10. The van der Waals surface area contributed by atoms with Gasteiger partial charge >= 0.3 is 0 Å². The molecule has 0 fully saturated rings. The van der Waals surface area contributed by atoms with E-state index in [0.29, 0.717) is 75.4 Å². The predicted octanol–water partition coefficient (Wildman–Crippen LogP) is 25.8. The Bertz CT molecular complexity index is 8430. The number of hydrogen-bond donors (Lipinski definition) is 0. The van der Waals surface area contributed by atoms with E-state index in [-0.39, 0.29) is 23.0 Å². The normalized spacial score (nSPS) is 14.5. The Morgan fingerprint density at radius 1 is 0.325 bits per heavy atom. The van der Waals surface area contributed by atoms with Crippen molar-refractivity contribution in [3.05, 3.63) is 296 Å². The van der Waals surface area contributed by atoms with Crippen LogP contribution in [-0.4, -0.2) is 24.9 Å². The van der Waals surface area contributed by atoms with Crippen molar-refractivity contribution in [1.29, 1.82) is 0 Å². The Morgan fingerprint density at radius 2 is 0.643 bits per heavy atom. The lowest BCUT2D eigenvalue weighted by atomic mass is 9.94. The van der Waals surface area contributed by atoms with Crippen molar-refractivity contribution < 1.29 is 64.1 Å². The van der Waals surface area contributed by atoms with Gasteiger partial charge in [0, 0.05) is 172 Å². The summed E-state index contributed by atoms with van der Waals surface area (Å²) in [5.41, 5.74) is 30.9. The van der Waals surface area contributed by atoms with Gasteiger partial charge in [0.25, 0.3) is 0 Å². The van der Waals surface area contributed by atoms with E-state index in [0.717, 1.165) is 178 Å². The third kappa shape index (κ3) is 14.9. The molecule has 15 aromatic heterocycles. The Hall–Kier alpha value is -13.4. The number of aryl methyl sites for hydroxylation is 13. The molecule has 20 aromatic rings. The summed E-state index contributed by atoms with van der Waals surface area (Å²) in [4.78, 5) is 22.1. The molecule has 632 valence electrons. The highest BCUT2D eigenvalue weighted by Gasteiger charge is 2.36. The second-order valence-electron chi connectivity index (χ2n) is 35.4. The molecule has 0 radical (unpaired) electrons. The highest BCUT2D eigenvalue weighted by molar-refractivity contribution is 6.13. The largest absolute Gasteiger partial charge is 0.437 e. The van der Waals surface area contributed by atoms with Gasteiger partial charge in [0.1, 0.15) is 21.1 Å². The van der Waals surface area contributed by atoms with Crippen LogP contribution < -0.4 is 22.8 Å². The van der Waals surface area contributed by atoms with E-state index in [2.05, 4.69) is 131 Å². The van der Waals surface area contributed by atoms with Gasteiger partial charge in [-0.1, -0.05) is 118 Å². The molecule has 0 unspecified atom stereocenters. The fourth-order valence-corrected chi connectivity index (χ4v) is 18.4. The molecule has 0 spiro atoms. The first kappa shape index (κ1) is 68.0. The van der Waals surface area contributed by atoms with Gasteiger partial charge in [-0.05, 0) is 222 Å². The van der Waals surface area contributed by atoms with Crippen LogP contribution in [0.5, 0.6) is 0 Å². The Labute approximate surface area is 756 Å². The topological polar surface area (TPSA) is 150 Å². The standard InChI is InChI=1S/C23H25N2O.2C22H21N2O.2C22H23N2O/c1-14(2)11-17-13-25(5)20(12-16(17)4)21-15(3)8-9-18-19-7-6-10-24-23(19)26-22(18)21;2*1-12(2)18-9-19-20-15(11-24(19)10-13(18)3)6-8-16-17-7-5-14(4)23-22(17)25-21(16)20;2*1-13(2)18-11-19(24(5)12-15(18)4)20-14(3)8-9-16-17-7-6-10-23-22(17)25-21(16)20/h6-10,12-14H,11H2,1-5H3;2*5-10,12H,11H2,1-4H3;2*6-13H,1-5H3/q5*+1/i;3D3,12D;3D3;4D3,13D;4D3. The smallest absolute Gasteiger partial charge is 0.227 e. The summed E-state index contributed by atoms with van der Waals surface area (Å²) in [5.74, 6) is -1.25. The summed E-state index contributed by atoms with van der Waals surface area (Å²) in [6, 6.07) is 50.6. The molecule has 22 rings (SSSR count). The van der Waals surface area contributed by atoms with E-state index in [1.54, 1.807) is 75.6 Å². The third-order valence-electron chi connectivity index (χ3n) is 24.8. The molecular weight excluding hydrogens is 1550 g/mol. The number of nitrogens with zero attached hydrogens (tertiary/aromatic N) is 10. The minimum absolute atomic E-state index is 0.0900. The Balaban J connectivity index is 0.000000116. The maximum Gasteiger partial charge on any atom is 0.227 e. The minimum Gasteiger partial charge on any atom is -0.437 e. The summed E-state index contributed by atoms with van der Waals surface area (Å²) in [5, 5.41) is 10.1. The van der Waals surface area contributed by atoms with Crippen molar-refractivity contribution in [2.45, 2.75) is 181 Å². The summed E-state index contributed by atoms with van der Waals surface area (Å²) in [7, 11) is 5.83. The van der Waals surface area contributed by atoms with E-state index >= 15 is 0 Å². The van der Waals surface area contributed by atoms with Gasteiger partial charge in [0.15, 0.2) is 72.0 Å². The molecule has 0 bridgehead atoms. The molecule has 0 aliphatic carbocycles. The lowest BCUT2D eigenvalue weighted by Gasteiger charge is -2.12. The highest BCUT2D eigenvalue weighted by atomic mass is 16.4. The van der Waals surface area contributed by atoms with Gasteiger partial charge < -0.3 is 22.1 Å². The Kier molecular flexibility index (Phi) is 17.8. The van der Waals surface area contributed by atoms with Crippen LogP contribution in [0.2, 0.25) is 0 Å². The summed E-state index contributed by atoms with van der Waals surface area (Å²) < 4.78 is 153. The zero-order chi connectivity index (χ0) is 100. The van der Waals surface area contributed by atoms with Gasteiger partial charge in [0.05, 0.1) is 27.8 Å². The quantitative estimate of drug-likeness (QED) is 0.128. The molecule has 15 nitrogen and oxygen atoms in total. The second-order valence-corrected chi connectivity index (χ2v) is 35.4. The van der Waals surface area contributed by atoms with Gasteiger partial charge in [-0.25, -0.2) is 38.6 Å². The van der Waals surface area contributed by atoms with Gasteiger partial charge in [-0.15, -0.1) is 0 Å². The van der Waals surface area contributed by atoms with Crippen LogP contribution >= 0.6 is 0 Å². The molecule has 2 aliphatic rings. The van der Waals surface area contributed by atoms with Crippen LogP contribution in [0.4, 0.5) is 0 Å². The lowest BCUT2D eigenvalue weighted by molar-refractivity contribution is -0.672. The third-order valence-corrected chi connectivity index (χ3v) is 24.8. The van der Waals surface area contributed by atoms with Crippen molar-refractivity contribution in [1.82, 2.24) is 24.9 Å². The van der Waals surface area contributed by atoms with Crippen LogP contribution in [0.25, 0.3) is 167 Å². The van der Waals surface area contributed by atoms with Gasteiger partial charge in [-0.2, -0.15) is 9.13 Å². The maximum absolute atomic E-state index is 8.54. The SMILES string of the molecule is Cc1cc(-c2c(C)ccc3c2oc2ncccc23)[n+](C)cc1CC(C)C.[2H]C([2H])([2H])c1c[n+](C)c(-c2c(C)ccc3c2oc2ncccc23)cc1C(C)C.[2H]C([2H])([2H])c1c[n+](C)c(-c2c(C)ccc3c2oc2ncccc23)cc1C([2H])(C)C.[2H]C([2H])([2H])c1c[n+]2c(cc1C(C)C)-c1c(ccc3c1oc1nc(C)ccc13)C2.[2H]C([2H])([2H])c1c[n+]2c(cc1C([2H])(C)C)-c1c(ccc3c1oc1nc(C)ccc13)C2. The van der Waals surface area contributed by atoms with Crippen LogP contribution in [0.15, 0.2) is 223 Å². The molecule has 126 heavy (non-hydrogen) atoms. The molecule has 5 aromatic carbocycles. The number of benzene rings is 5.